The van der Waals surface area contributed by atoms with E-state index < -0.39 is 5.91 Å². The number of hydrogen-bond donors (Lipinski definition) is 1. The Morgan fingerprint density at radius 3 is 2.56 bits per heavy atom. The minimum atomic E-state index is -0.538. The number of carbonyl (C=O) groups excluding carboxylic acids is 2. The molecule has 1 heterocycles. The second-order valence-electron chi connectivity index (χ2n) is 6.82. The van der Waals surface area contributed by atoms with Gasteiger partial charge in [-0.15, -0.1) is 5.10 Å². The van der Waals surface area contributed by atoms with E-state index in [1.165, 1.54) is 11.0 Å². The molecule has 0 saturated carbocycles. The van der Waals surface area contributed by atoms with Crippen molar-refractivity contribution in [2.24, 2.45) is 5.73 Å². The number of carbonyl (C=O) groups is 2. The van der Waals surface area contributed by atoms with Gasteiger partial charge in [0.15, 0.2) is 0 Å². The summed E-state index contributed by atoms with van der Waals surface area (Å²) in [6, 6.07) is 5.12. The number of hydrogen-bond acceptors (Lipinski definition) is 4. The monoisotopic (exact) mass is 341 g/mol. The molecule has 0 aliphatic carbocycles. The highest BCUT2D eigenvalue weighted by Crippen LogP contribution is 2.22. The van der Waals surface area contributed by atoms with Gasteiger partial charge in [-0.1, -0.05) is 17.9 Å². The van der Waals surface area contributed by atoms with Crippen LogP contribution in [-0.2, 0) is 16.9 Å². The standard InChI is InChI=1S/C18H23N5O2/c1-6-16(24)22(10-13-11-23(21-20-13)18(3,4)5)14-8-7-12(2)15(9-14)17(19)25/h6-9,11H,1,10H2,2-5H3,(H2,19,25). The first-order chi connectivity index (χ1) is 11.6. The highest BCUT2D eigenvalue weighted by molar-refractivity contribution is 6.02. The Morgan fingerprint density at radius 2 is 2.04 bits per heavy atom. The van der Waals surface area contributed by atoms with E-state index in [-0.39, 0.29) is 18.0 Å². The van der Waals surface area contributed by atoms with Gasteiger partial charge < -0.3 is 10.6 Å². The van der Waals surface area contributed by atoms with Gasteiger partial charge in [0.25, 0.3) is 5.91 Å². The summed E-state index contributed by atoms with van der Waals surface area (Å²) < 4.78 is 1.74. The van der Waals surface area contributed by atoms with Crippen LogP contribution in [0.3, 0.4) is 0 Å². The average Bonchev–Trinajstić information content (AvgIpc) is 3.01. The number of amides is 2. The van der Waals surface area contributed by atoms with Gasteiger partial charge >= 0.3 is 0 Å². The van der Waals surface area contributed by atoms with Crippen LogP contribution in [0.5, 0.6) is 0 Å². The SMILES string of the molecule is C=CC(=O)N(Cc1cn(C(C)(C)C)nn1)c1ccc(C)c(C(N)=O)c1. The molecule has 2 amide bonds. The Hall–Kier alpha value is -2.96. The Bertz CT molecular complexity index is 817. The van der Waals surface area contributed by atoms with Gasteiger partial charge in [-0.2, -0.15) is 0 Å². The van der Waals surface area contributed by atoms with Crippen molar-refractivity contribution in [3.8, 4) is 0 Å². The summed E-state index contributed by atoms with van der Waals surface area (Å²) in [6.45, 7) is 11.6. The molecule has 1 aromatic carbocycles. The van der Waals surface area contributed by atoms with Crippen LogP contribution in [0.4, 0.5) is 5.69 Å². The molecule has 0 bridgehead atoms. The highest BCUT2D eigenvalue weighted by Gasteiger charge is 2.20. The molecule has 0 saturated heterocycles. The second-order valence-corrected chi connectivity index (χ2v) is 6.82. The Kier molecular flexibility index (Phi) is 5.06. The lowest BCUT2D eigenvalue weighted by atomic mass is 10.1. The van der Waals surface area contributed by atoms with Crippen LogP contribution in [0.15, 0.2) is 37.1 Å². The molecule has 0 atom stereocenters. The minimum absolute atomic E-state index is 0.207. The molecule has 7 nitrogen and oxygen atoms in total. The largest absolute Gasteiger partial charge is 0.366 e. The van der Waals surface area contributed by atoms with Crippen LogP contribution < -0.4 is 10.6 Å². The number of aryl methyl sites for hydroxylation is 1. The van der Waals surface area contributed by atoms with Crippen molar-refractivity contribution in [3.05, 3.63) is 53.9 Å². The molecule has 2 N–H and O–H groups in total. The summed E-state index contributed by atoms with van der Waals surface area (Å²) in [5.41, 5.74) is 7.51. The highest BCUT2D eigenvalue weighted by atomic mass is 16.2. The Morgan fingerprint density at radius 1 is 1.36 bits per heavy atom. The molecule has 0 radical (unpaired) electrons. The lowest BCUT2D eigenvalue weighted by Gasteiger charge is -2.21. The fraction of sp³-hybridized carbons (Fsp3) is 0.333. The van der Waals surface area contributed by atoms with E-state index in [9.17, 15) is 9.59 Å². The number of rotatable bonds is 5. The van der Waals surface area contributed by atoms with Crippen molar-refractivity contribution >= 4 is 17.5 Å². The first kappa shape index (κ1) is 18.4. The maximum atomic E-state index is 12.3. The second kappa shape index (κ2) is 6.88. The molecule has 1 aromatic heterocycles. The van der Waals surface area contributed by atoms with Crippen molar-refractivity contribution in [2.45, 2.75) is 39.8 Å². The molecular formula is C18H23N5O2. The van der Waals surface area contributed by atoms with Gasteiger partial charge in [0.2, 0.25) is 5.91 Å². The molecule has 0 aliphatic heterocycles. The summed E-state index contributed by atoms with van der Waals surface area (Å²) in [5.74, 6) is -0.839. The zero-order chi connectivity index (χ0) is 18.8. The van der Waals surface area contributed by atoms with Crippen LogP contribution in [0.1, 0.15) is 42.4 Å². The predicted molar refractivity (Wildman–Crippen MR) is 96.1 cm³/mol. The lowest BCUT2D eigenvalue weighted by molar-refractivity contribution is -0.114. The van der Waals surface area contributed by atoms with Crippen LogP contribution >= 0.6 is 0 Å². The van der Waals surface area contributed by atoms with Gasteiger partial charge in [-0.05, 0) is 51.5 Å². The van der Waals surface area contributed by atoms with Crippen molar-refractivity contribution in [2.75, 3.05) is 4.90 Å². The van der Waals surface area contributed by atoms with Gasteiger partial charge in [-0.3, -0.25) is 9.59 Å². The summed E-state index contributed by atoms with van der Waals surface area (Å²) in [5, 5.41) is 8.24. The summed E-state index contributed by atoms with van der Waals surface area (Å²) in [7, 11) is 0. The van der Waals surface area contributed by atoms with Crippen molar-refractivity contribution in [1.82, 2.24) is 15.0 Å². The zero-order valence-electron chi connectivity index (χ0n) is 15.0. The molecule has 0 aliphatic rings. The van der Waals surface area contributed by atoms with Crippen molar-refractivity contribution in [3.63, 3.8) is 0 Å². The van der Waals surface area contributed by atoms with E-state index in [1.807, 2.05) is 20.8 Å². The molecular weight excluding hydrogens is 318 g/mol. The molecule has 132 valence electrons. The van der Waals surface area contributed by atoms with E-state index >= 15 is 0 Å². The molecule has 0 fully saturated rings. The molecule has 0 unspecified atom stereocenters. The van der Waals surface area contributed by atoms with E-state index in [2.05, 4.69) is 16.9 Å². The lowest BCUT2D eigenvalue weighted by Crippen LogP contribution is -2.29. The third-order valence-corrected chi connectivity index (χ3v) is 3.79. The van der Waals surface area contributed by atoms with E-state index in [1.54, 1.807) is 36.0 Å². The topological polar surface area (TPSA) is 94.1 Å². The van der Waals surface area contributed by atoms with Gasteiger partial charge in [0.05, 0.1) is 18.3 Å². The average molecular weight is 341 g/mol. The normalized spacial score (nSPS) is 11.2. The summed E-state index contributed by atoms with van der Waals surface area (Å²) in [4.78, 5) is 25.4. The Balaban J connectivity index is 2.39. The summed E-state index contributed by atoms with van der Waals surface area (Å²) >= 11 is 0. The third kappa shape index (κ3) is 4.12. The minimum Gasteiger partial charge on any atom is -0.366 e. The number of benzene rings is 1. The molecule has 2 rings (SSSR count). The van der Waals surface area contributed by atoms with Gasteiger partial charge in [0.1, 0.15) is 5.69 Å². The number of aromatic nitrogens is 3. The molecule has 25 heavy (non-hydrogen) atoms. The predicted octanol–water partition coefficient (Wildman–Crippen LogP) is 2.16. The van der Waals surface area contributed by atoms with E-state index in [0.717, 1.165) is 5.56 Å². The van der Waals surface area contributed by atoms with Crippen LogP contribution in [-0.4, -0.2) is 26.8 Å². The van der Waals surface area contributed by atoms with Crippen LogP contribution in [0.2, 0.25) is 0 Å². The first-order valence-corrected chi connectivity index (χ1v) is 7.89. The third-order valence-electron chi connectivity index (χ3n) is 3.79. The molecule has 7 heteroatoms. The molecule has 0 spiro atoms. The number of anilines is 1. The van der Waals surface area contributed by atoms with Crippen LogP contribution in [0.25, 0.3) is 0 Å². The van der Waals surface area contributed by atoms with Crippen LogP contribution in [0, 0.1) is 6.92 Å². The quantitative estimate of drug-likeness (QED) is 0.843. The fourth-order valence-corrected chi connectivity index (χ4v) is 2.31. The molecule has 2 aromatic rings. The van der Waals surface area contributed by atoms with Crippen molar-refractivity contribution < 1.29 is 9.59 Å². The summed E-state index contributed by atoms with van der Waals surface area (Å²) in [6.07, 6.45) is 3.02. The first-order valence-electron chi connectivity index (χ1n) is 7.89. The van der Waals surface area contributed by atoms with Gasteiger partial charge in [-0.25, -0.2) is 4.68 Å². The number of nitrogens with two attached hydrogens (primary N) is 1. The van der Waals surface area contributed by atoms with E-state index in [0.29, 0.717) is 16.9 Å². The van der Waals surface area contributed by atoms with Gasteiger partial charge in [0, 0.05) is 11.3 Å². The number of primary amides is 1. The van der Waals surface area contributed by atoms with E-state index in [4.69, 9.17) is 5.73 Å². The maximum Gasteiger partial charge on any atom is 0.250 e. The maximum absolute atomic E-state index is 12.3. The fourth-order valence-electron chi connectivity index (χ4n) is 2.31. The Labute approximate surface area is 147 Å². The van der Waals surface area contributed by atoms with Crippen molar-refractivity contribution in [1.29, 1.82) is 0 Å². The zero-order valence-corrected chi connectivity index (χ0v) is 15.0. The smallest absolute Gasteiger partial charge is 0.250 e. The number of nitrogens with zero attached hydrogens (tertiary/aromatic N) is 4.